The molecule has 0 fully saturated rings. The van der Waals surface area contributed by atoms with Crippen molar-refractivity contribution >= 4 is 0 Å². The van der Waals surface area contributed by atoms with Crippen molar-refractivity contribution in [3.63, 3.8) is 0 Å². The Morgan fingerprint density at radius 2 is 1.89 bits per heavy atom. The van der Waals surface area contributed by atoms with Crippen molar-refractivity contribution in [3.8, 4) is 11.3 Å². The molecule has 19 heavy (non-hydrogen) atoms. The fraction of sp³-hybridized carbons (Fsp3) is 0.308. The molecule has 0 unspecified atom stereocenters. The van der Waals surface area contributed by atoms with Gasteiger partial charge in [-0.2, -0.15) is 18.3 Å². The largest absolute Gasteiger partial charge is 0.416 e. The summed E-state index contributed by atoms with van der Waals surface area (Å²) in [6.07, 6.45) is -3.37. The zero-order chi connectivity index (χ0) is 13.5. The molecular formula is C13H13F3N3+. The van der Waals surface area contributed by atoms with Crippen LogP contribution in [0.3, 0.4) is 0 Å². The van der Waals surface area contributed by atoms with E-state index in [4.69, 9.17) is 0 Å². The third kappa shape index (κ3) is 2.23. The van der Waals surface area contributed by atoms with E-state index in [1.807, 2.05) is 0 Å². The number of nitrogens with two attached hydrogens (primary N) is 1. The number of nitrogens with zero attached hydrogens (tertiary/aromatic N) is 1. The molecule has 1 aliphatic heterocycles. The summed E-state index contributed by atoms with van der Waals surface area (Å²) in [5.74, 6) is 0. The summed E-state index contributed by atoms with van der Waals surface area (Å²) < 4.78 is 37.5. The van der Waals surface area contributed by atoms with Crippen LogP contribution in [-0.4, -0.2) is 16.7 Å². The van der Waals surface area contributed by atoms with Crippen LogP contribution < -0.4 is 5.32 Å². The number of halogens is 3. The van der Waals surface area contributed by atoms with Crippen LogP contribution in [0.4, 0.5) is 13.2 Å². The predicted octanol–water partition coefficient (Wildman–Crippen LogP) is 1.72. The van der Waals surface area contributed by atoms with E-state index in [1.165, 1.54) is 12.1 Å². The molecule has 3 rings (SSSR count). The minimum Gasteiger partial charge on any atom is -0.342 e. The zero-order valence-corrected chi connectivity index (χ0v) is 10.1. The molecule has 3 nitrogen and oxygen atoms in total. The Hall–Kier alpha value is -1.82. The Morgan fingerprint density at radius 1 is 1.16 bits per heavy atom. The topological polar surface area (TPSA) is 45.3 Å². The second kappa shape index (κ2) is 4.38. The van der Waals surface area contributed by atoms with E-state index in [1.54, 1.807) is 0 Å². The average molecular weight is 268 g/mol. The number of hydrogen-bond acceptors (Lipinski definition) is 1. The van der Waals surface area contributed by atoms with Crippen molar-refractivity contribution in [2.24, 2.45) is 0 Å². The van der Waals surface area contributed by atoms with Crippen LogP contribution in [0.5, 0.6) is 0 Å². The summed E-state index contributed by atoms with van der Waals surface area (Å²) in [6.45, 7) is 1.84. The van der Waals surface area contributed by atoms with E-state index in [0.717, 1.165) is 54.2 Å². The van der Waals surface area contributed by atoms with Crippen molar-refractivity contribution in [3.05, 3.63) is 41.1 Å². The summed E-state index contributed by atoms with van der Waals surface area (Å²) in [4.78, 5) is 0. The molecule has 0 saturated carbocycles. The second-order valence-corrected chi connectivity index (χ2v) is 4.64. The molecule has 2 heterocycles. The lowest BCUT2D eigenvalue weighted by Crippen LogP contribution is -2.84. The van der Waals surface area contributed by atoms with Gasteiger partial charge in [0, 0.05) is 12.0 Å². The van der Waals surface area contributed by atoms with Crippen LogP contribution in [-0.2, 0) is 19.1 Å². The molecule has 0 amide bonds. The molecule has 0 saturated heterocycles. The van der Waals surface area contributed by atoms with Gasteiger partial charge in [0.15, 0.2) is 0 Å². The maximum Gasteiger partial charge on any atom is 0.416 e. The Kier molecular flexibility index (Phi) is 2.82. The summed E-state index contributed by atoms with van der Waals surface area (Å²) >= 11 is 0. The smallest absolute Gasteiger partial charge is 0.342 e. The molecule has 3 N–H and O–H groups in total. The Balaban J connectivity index is 1.97. The number of H-pyrrole nitrogens is 1. The quantitative estimate of drug-likeness (QED) is 0.812. The molecule has 2 aromatic rings. The first-order chi connectivity index (χ1) is 9.05. The Morgan fingerprint density at radius 3 is 2.58 bits per heavy atom. The maximum atomic E-state index is 12.5. The Labute approximate surface area is 107 Å². The standard InChI is InChI=1S/C13H12F3N3/c14-13(15,16)9-3-1-8(2-4-9)12-10-7-17-6-5-11(10)18-19-12/h1-4,17H,5-7H2,(H,18,19)/p+1. The lowest BCUT2D eigenvalue weighted by molar-refractivity contribution is -0.673. The monoisotopic (exact) mass is 268 g/mol. The van der Waals surface area contributed by atoms with Gasteiger partial charge in [0.05, 0.1) is 23.4 Å². The van der Waals surface area contributed by atoms with Crippen molar-refractivity contribution in [1.29, 1.82) is 0 Å². The van der Waals surface area contributed by atoms with E-state index in [9.17, 15) is 13.2 Å². The van der Waals surface area contributed by atoms with Gasteiger partial charge in [0.1, 0.15) is 12.2 Å². The summed E-state index contributed by atoms with van der Waals surface area (Å²) in [5, 5.41) is 9.38. The van der Waals surface area contributed by atoms with Gasteiger partial charge < -0.3 is 5.32 Å². The second-order valence-electron chi connectivity index (χ2n) is 4.64. The van der Waals surface area contributed by atoms with Gasteiger partial charge in [0.25, 0.3) is 0 Å². The molecule has 1 aromatic heterocycles. The lowest BCUT2D eigenvalue weighted by Gasteiger charge is -2.11. The van der Waals surface area contributed by atoms with E-state index in [-0.39, 0.29) is 0 Å². The molecule has 6 heteroatoms. The van der Waals surface area contributed by atoms with E-state index >= 15 is 0 Å². The SMILES string of the molecule is FC(F)(F)c1ccc(-c2n[nH]c3c2C[NH2+]CC3)cc1. The van der Waals surface area contributed by atoms with Crippen LogP contribution in [0.25, 0.3) is 11.3 Å². The predicted molar refractivity (Wildman–Crippen MR) is 63.2 cm³/mol. The molecular weight excluding hydrogens is 255 g/mol. The highest BCUT2D eigenvalue weighted by atomic mass is 19.4. The van der Waals surface area contributed by atoms with Gasteiger partial charge in [0.2, 0.25) is 0 Å². The van der Waals surface area contributed by atoms with Gasteiger partial charge >= 0.3 is 6.18 Å². The number of aromatic nitrogens is 2. The van der Waals surface area contributed by atoms with Gasteiger partial charge in [-0.15, -0.1) is 0 Å². The fourth-order valence-corrected chi connectivity index (χ4v) is 2.38. The van der Waals surface area contributed by atoms with Gasteiger partial charge in [-0.3, -0.25) is 5.10 Å². The Bertz CT molecular complexity index is 584. The summed E-state index contributed by atoms with van der Waals surface area (Å²) in [7, 11) is 0. The molecule has 0 spiro atoms. The first kappa shape index (κ1) is 12.2. The van der Waals surface area contributed by atoms with Gasteiger partial charge in [-0.25, -0.2) is 0 Å². The van der Waals surface area contributed by atoms with Crippen LogP contribution >= 0.6 is 0 Å². The molecule has 1 aliphatic rings. The van der Waals surface area contributed by atoms with Crippen molar-refractivity contribution < 1.29 is 18.5 Å². The minimum atomic E-state index is -4.29. The number of quaternary nitrogens is 1. The number of hydrogen-bond donors (Lipinski definition) is 2. The first-order valence-corrected chi connectivity index (χ1v) is 6.11. The molecule has 100 valence electrons. The van der Waals surface area contributed by atoms with E-state index < -0.39 is 11.7 Å². The highest BCUT2D eigenvalue weighted by Gasteiger charge is 2.30. The van der Waals surface area contributed by atoms with Crippen LogP contribution in [0.1, 0.15) is 16.8 Å². The van der Waals surface area contributed by atoms with Gasteiger partial charge in [-0.1, -0.05) is 12.1 Å². The maximum absolute atomic E-state index is 12.5. The van der Waals surface area contributed by atoms with Gasteiger partial charge in [-0.05, 0) is 12.1 Å². The highest BCUT2D eigenvalue weighted by molar-refractivity contribution is 5.64. The van der Waals surface area contributed by atoms with Crippen molar-refractivity contribution in [1.82, 2.24) is 10.2 Å². The zero-order valence-electron chi connectivity index (χ0n) is 10.1. The molecule has 1 aromatic carbocycles. The van der Waals surface area contributed by atoms with Crippen LogP contribution in [0.15, 0.2) is 24.3 Å². The lowest BCUT2D eigenvalue weighted by atomic mass is 10.0. The first-order valence-electron chi connectivity index (χ1n) is 6.11. The number of benzene rings is 1. The van der Waals surface area contributed by atoms with E-state index in [0.29, 0.717) is 0 Å². The number of nitrogens with one attached hydrogen (secondary N) is 1. The molecule has 0 atom stereocenters. The van der Waals surface area contributed by atoms with Crippen molar-refractivity contribution in [2.75, 3.05) is 6.54 Å². The third-order valence-corrected chi connectivity index (χ3v) is 3.39. The number of aromatic amines is 1. The molecule has 0 aliphatic carbocycles. The minimum absolute atomic E-state index is 0.632. The third-order valence-electron chi connectivity index (χ3n) is 3.39. The van der Waals surface area contributed by atoms with Crippen molar-refractivity contribution in [2.45, 2.75) is 19.1 Å². The van der Waals surface area contributed by atoms with Crippen LogP contribution in [0.2, 0.25) is 0 Å². The number of rotatable bonds is 1. The van der Waals surface area contributed by atoms with E-state index in [2.05, 4.69) is 15.5 Å². The number of alkyl halides is 3. The summed E-state index contributed by atoms with van der Waals surface area (Å²) in [6, 6.07) is 5.16. The molecule has 0 radical (unpaired) electrons. The average Bonchev–Trinajstić information content (AvgIpc) is 2.82. The fourth-order valence-electron chi connectivity index (χ4n) is 2.38. The summed E-state index contributed by atoms with van der Waals surface area (Å²) in [5.41, 5.74) is 3.05. The highest BCUT2D eigenvalue weighted by Crippen LogP contribution is 2.31. The van der Waals surface area contributed by atoms with Crippen LogP contribution in [0, 0.1) is 0 Å². The molecule has 0 bridgehead atoms. The number of fused-ring (bicyclic) bond motifs is 1. The normalized spacial score (nSPS) is 15.3.